The van der Waals surface area contributed by atoms with Crippen LogP contribution >= 0.6 is 0 Å². The Hall–Kier alpha value is -4.06. The SMILES string of the molecule is C=C[C@H]1C[C@]1(CC(=O)[C@@H]1C[C@@H]2CN1C(=O)[C@H](C(C)(C)C)CC(=O)NC(C)(C)CC/C=C/c1ccc3ccnc(c3c1)O2)C(=O)NS(=O)(=O)C1CC1. The van der Waals surface area contributed by atoms with Crippen LogP contribution in [-0.4, -0.2) is 71.3 Å². The van der Waals surface area contributed by atoms with Crippen LogP contribution in [0.5, 0.6) is 5.88 Å². The fourth-order valence-electron chi connectivity index (χ4n) is 7.56. The molecule has 2 aromatic rings. The average molecular weight is 719 g/mol. The van der Waals surface area contributed by atoms with E-state index in [1.807, 2.05) is 65.0 Å². The van der Waals surface area contributed by atoms with Gasteiger partial charge in [-0.1, -0.05) is 51.1 Å². The van der Waals surface area contributed by atoms with Gasteiger partial charge in [0.25, 0.3) is 0 Å². The number of carbonyl (C=O) groups excluding carboxylic acids is 4. The fraction of sp³-hybridized carbons (Fsp3) is 0.564. The Labute approximate surface area is 300 Å². The van der Waals surface area contributed by atoms with Crippen LogP contribution in [0.1, 0.15) is 91.5 Å². The van der Waals surface area contributed by atoms with E-state index in [1.165, 1.54) is 4.90 Å². The van der Waals surface area contributed by atoms with Gasteiger partial charge in [-0.3, -0.25) is 23.9 Å². The Kier molecular flexibility index (Phi) is 9.71. The summed E-state index contributed by atoms with van der Waals surface area (Å²) in [7, 11) is -3.84. The summed E-state index contributed by atoms with van der Waals surface area (Å²) in [6.45, 7) is 13.5. The van der Waals surface area contributed by atoms with Crippen molar-refractivity contribution in [2.45, 2.75) is 109 Å². The Balaban J connectivity index is 1.35. The maximum absolute atomic E-state index is 14.6. The van der Waals surface area contributed by atoms with Gasteiger partial charge >= 0.3 is 0 Å². The molecule has 274 valence electrons. The van der Waals surface area contributed by atoms with Gasteiger partial charge in [-0.25, -0.2) is 13.4 Å². The predicted molar refractivity (Wildman–Crippen MR) is 195 cm³/mol. The van der Waals surface area contributed by atoms with Crippen LogP contribution in [0, 0.1) is 22.7 Å². The van der Waals surface area contributed by atoms with E-state index in [1.54, 1.807) is 12.3 Å². The van der Waals surface area contributed by atoms with Gasteiger partial charge in [0.05, 0.1) is 29.2 Å². The second-order valence-electron chi connectivity index (χ2n) is 16.6. The monoisotopic (exact) mass is 718 g/mol. The molecule has 11 nitrogen and oxygen atoms in total. The van der Waals surface area contributed by atoms with Gasteiger partial charge in [0, 0.05) is 36.4 Å². The number of sulfonamides is 1. The summed E-state index contributed by atoms with van der Waals surface area (Å²) in [6, 6.07) is 6.95. The molecule has 0 spiro atoms. The summed E-state index contributed by atoms with van der Waals surface area (Å²) < 4.78 is 34.2. The number of ketones is 1. The van der Waals surface area contributed by atoms with E-state index < -0.39 is 55.6 Å². The van der Waals surface area contributed by atoms with Gasteiger partial charge < -0.3 is 15.0 Å². The van der Waals surface area contributed by atoms with Crippen molar-refractivity contribution in [1.29, 1.82) is 0 Å². The molecule has 0 unspecified atom stereocenters. The van der Waals surface area contributed by atoms with Crippen LogP contribution in [-0.2, 0) is 29.2 Å². The molecule has 2 aliphatic carbocycles. The number of benzene rings is 1. The maximum atomic E-state index is 14.6. The smallest absolute Gasteiger partial charge is 0.240 e. The van der Waals surface area contributed by atoms with Gasteiger partial charge in [0.1, 0.15) is 6.10 Å². The molecule has 12 heteroatoms. The number of carbonyl (C=O) groups is 4. The summed E-state index contributed by atoms with van der Waals surface area (Å²) in [5, 5.41) is 4.26. The highest BCUT2D eigenvalue weighted by atomic mass is 32.2. The first-order valence-corrected chi connectivity index (χ1v) is 19.5. The molecule has 51 heavy (non-hydrogen) atoms. The van der Waals surface area contributed by atoms with Crippen molar-refractivity contribution in [3.63, 3.8) is 0 Å². The molecule has 5 atom stereocenters. The Morgan fingerprint density at radius 2 is 1.92 bits per heavy atom. The van der Waals surface area contributed by atoms with Crippen molar-refractivity contribution in [3.05, 3.63) is 54.8 Å². The standard InChI is InChI=1S/C39H50N4O7S/c1-7-26-21-39(26,36(47)42-51(48,49)28-13-14-28)22-32(44)31-19-27-23-43(31)35(46)30(37(2,3)4)20-33(45)41-38(5,6)16-9-8-10-24-11-12-25-15-17-40-34(50-27)29(25)18-24/h7-8,10-12,15,17-18,26-28,30-31H,1,9,13-14,16,19-23H2,2-6H3,(H,41,45)(H,42,47)/b10-8+/t26-,27+,30+,31-,39+/m0/s1. The number of aromatic nitrogens is 1. The Bertz CT molecular complexity index is 1890. The Morgan fingerprint density at radius 1 is 1.18 bits per heavy atom. The van der Waals surface area contributed by atoms with E-state index in [9.17, 15) is 27.6 Å². The second kappa shape index (κ2) is 13.5. The van der Waals surface area contributed by atoms with Crippen LogP contribution in [0.3, 0.4) is 0 Å². The minimum absolute atomic E-state index is 0.0696. The zero-order chi connectivity index (χ0) is 36.9. The zero-order valence-corrected chi connectivity index (χ0v) is 31.1. The summed E-state index contributed by atoms with van der Waals surface area (Å²) in [5.74, 6) is -2.42. The van der Waals surface area contributed by atoms with Crippen molar-refractivity contribution in [2.24, 2.45) is 22.7 Å². The molecule has 2 N–H and O–H groups in total. The number of nitrogens with one attached hydrogen (secondary N) is 2. The molecule has 3 heterocycles. The van der Waals surface area contributed by atoms with Crippen molar-refractivity contribution < 1.29 is 32.3 Å². The summed E-state index contributed by atoms with van der Waals surface area (Å²) >= 11 is 0. The third kappa shape index (κ3) is 7.90. The highest BCUT2D eigenvalue weighted by Crippen LogP contribution is 2.57. The van der Waals surface area contributed by atoms with E-state index in [2.05, 4.69) is 27.7 Å². The van der Waals surface area contributed by atoms with Gasteiger partial charge in [0.2, 0.25) is 33.6 Å². The molecule has 0 radical (unpaired) electrons. The molecular formula is C39H50N4O7S. The van der Waals surface area contributed by atoms with Crippen molar-refractivity contribution in [2.75, 3.05) is 6.54 Å². The average Bonchev–Trinajstić information content (AvgIpc) is 3.97. The number of fused-ring (bicyclic) bond motifs is 3. The van der Waals surface area contributed by atoms with Crippen LogP contribution < -0.4 is 14.8 Å². The number of nitrogens with zero attached hydrogens (tertiary/aromatic N) is 2. The molecule has 1 aromatic heterocycles. The molecule has 1 saturated heterocycles. The summed E-state index contributed by atoms with van der Waals surface area (Å²) in [6.07, 6.45) is 9.25. The Morgan fingerprint density at radius 3 is 2.59 bits per heavy atom. The minimum Gasteiger partial charge on any atom is -0.472 e. The molecule has 3 amide bonds. The topological polar surface area (TPSA) is 152 Å². The van der Waals surface area contributed by atoms with Crippen molar-refractivity contribution in [3.8, 4) is 5.88 Å². The third-order valence-corrected chi connectivity index (χ3v) is 12.8. The number of hydrogen-bond donors (Lipinski definition) is 2. The molecule has 1 aromatic carbocycles. The highest BCUT2D eigenvalue weighted by molar-refractivity contribution is 7.90. The van der Waals surface area contributed by atoms with Gasteiger partial charge in [-0.15, -0.1) is 6.58 Å². The lowest BCUT2D eigenvalue weighted by atomic mass is 9.77. The fourth-order valence-corrected chi connectivity index (χ4v) is 8.94. The molecule has 3 fully saturated rings. The van der Waals surface area contributed by atoms with E-state index in [4.69, 9.17) is 4.74 Å². The number of hydrogen-bond acceptors (Lipinski definition) is 8. The lowest BCUT2D eigenvalue weighted by molar-refractivity contribution is -0.146. The number of allylic oxidation sites excluding steroid dienone is 2. The first kappa shape index (κ1) is 36.7. The van der Waals surface area contributed by atoms with Crippen LogP contribution in [0.25, 0.3) is 16.8 Å². The number of Topliss-reactive ketones (excluding diaryl/α,β-unsaturated/α-hetero) is 1. The molecule has 4 bridgehead atoms. The largest absolute Gasteiger partial charge is 0.472 e. The van der Waals surface area contributed by atoms with Gasteiger partial charge in [0.15, 0.2) is 5.78 Å². The number of pyridine rings is 1. The first-order chi connectivity index (χ1) is 23.9. The highest BCUT2D eigenvalue weighted by Gasteiger charge is 2.61. The summed E-state index contributed by atoms with van der Waals surface area (Å²) in [4.78, 5) is 62.2. The quantitative estimate of drug-likeness (QED) is 0.376. The van der Waals surface area contributed by atoms with Crippen molar-refractivity contribution in [1.82, 2.24) is 19.9 Å². The van der Waals surface area contributed by atoms with Crippen LogP contribution in [0.15, 0.2) is 49.2 Å². The van der Waals surface area contributed by atoms with E-state index >= 15 is 0 Å². The molecule has 6 rings (SSSR count). The molecule has 4 aliphatic rings. The molecule has 2 saturated carbocycles. The van der Waals surface area contributed by atoms with E-state index in [-0.39, 0.29) is 55.7 Å². The van der Waals surface area contributed by atoms with Crippen LogP contribution in [0.2, 0.25) is 0 Å². The van der Waals surface area contributed by atoms with Gasteiger partial charge in [-0.05, 0) is 80.4 Å². The van der Waals surface area contributed by atoms with E-state index in [0.29, 0.717) is 25.1 Å². The number of ether oxygens (including phenoxy) is 1. The maximum Gasteiger partial charge on any atom is 0.240 e. The molecule has 2 aliphatic heterocycles. The van der Waals surface area contributed by atoms with Crippen LogP contribution in [0.4, 0.5) is 0 Å². The second-order valence-corrected chi connectivity index (χ2v) is 18.6. The zero-order valence-electron chi connectivity index (χ0n) is 30.2. The predicted octanol–water partition coefficient (Wildman–Crippen LogP) is 5.10. The van der Waals surface area contributed by atoms with Gasteiger partial charge in [-0.2, -0.15) is 0 Å². The number of rotatable bonds is 7. The molecular weight excluding hydrogens is 669 g/mol. The lowest BCUT2D eigenvalue weighted by Gasteiger charge is -2.36. The lowest BCUT2D eigenvalue weighted by Crippen LogP contribution is -2.50. The van der Waals surface area contributed by atoms with Crippen molar-refractivity contribution >= 4 is 50.4 Å². The normalized spacial score (nSPS) is 29.0. The third-order valence-electron chi connectivity index (χ3n) is 11.0. The van der Waals surface area contributed by atoms with E-state index in [0.717, 1.165) is 22.8 Å². The summed E-state index contributed by atoms with van der Waals surface area (Å²) in [5.41, 5.74) is -1.47. The number of amides is 3. The minimum atomic E-state index is -3.84. The first-order valence-electron chi connectivity index (χ1n) is 18.0.